The molecule has 0 bridgehead atoms. The van der Waals surface area contributed by atoms with Crippen molar-refractivity contribution in [2.45, 2.75) is 67.3 Å². The van der Waals surface area contributed by atoms with Gasteiger partial charge in [0, 0.05) is 19.1 Å². The van der Waals surface area contributed by atoms with Crippen LogP contribution in [-0.4, -0.2) is 62.1 Å². The van der Waals surface area contributed by atoms with E-state index >= 15 is 0 Å². The third-order valence-corrected chi connectivity index (χ3v) is 4.32. The van der Waals surface area contributed by atoms with E-state index in [1.807, 2.05) is 20.8 Å². The first kappa shape index (κ1) is 23.7. The second-order valence-electron chi connectivity index (χ2n) is 7.15. The average Bonchev–Trinajstić information content (AvgIpc) is 2.57. The predicted molar refractivity (Wildman–Crippen MR) is 108 cm³/mol. The summed E-state index contributed by atoms with van der Waals surface area (Å²) in [5, 5.41) is 9.61. The molecule has 0 radical (unpaired) electrons. The normalized spacial score (nSPS) is 13.7. The zero-order valence-electron chi connectivity index (χ0n) is 17.5. The minimum atomic E-state index is -0.510. The molecule has 1 atom stereocenters. The fraction of sp³-hybridized carbons (Fsp3) is 0.895. The van der Waals surface area contributed by atoms with Gasteiger partial charge in [0.1, 0.15) is 0 Å². The van der Waals surface area contributed by atoms with Crippen molar-refractivity contribution in [1.82, 2.24) is 20.9 Å². The summed E-state index contributed by atoms with van der Waals surface area (Å²) >= 11 is 0. The molecule has 0 spiro atoms. The van der Waals surface area contributed by atoms with Gasteiger partial charge in [-0.25, -0.2) is 0 Å². The van der Waals surface area contributed by atoms with Crippen molar-refractivity contribution in [3.05, 3.63) is 0 Å². The van der Waals surface area contributed by atoms with Crippen LogP contribution in [-0.2, 0) is 4.79 Å². The number of guanidine groups is 1. The second-order valence-corrected chi connectivity index (χ2v) is 7.15. The summed E-state index contributed by atoms with van der Waals surface area (Å²) in [6, 6.07) is 0.348. The summed E-state index contributed by atoms with van der Waals surface area (Å²) in [6.45, 7) is 19.7. The van der Waals surface area contributed by atoms with E-state index in [-0.39, 0.29) is 5.91 Å². The largest absolute Gasteiger partial charge is 0.357 e. The number of hydrogen-bond donors (Lipinski definition) is 3. The Bertz CT molecular complexity index is 391. The standard InChI is InChI=1S/C19H41N5O/c1-8-20-17(25)19(6,7)15-22-18(21-9-2)23-16(5)13-12-14-24(10-3)11-4/h16H,8-15H2,1-7H3,(H,20,25)(H2,21,22,23). The molecule has 0 saturated carbocycles. The number of amides is 1. The third kappa shape index (κ3) is 10.3. The maximum absolute atomic E-state index is 12.1. The monoisotopic (exact) mass is 355 g/mol. The maximum Gasteiger partial charge on any atom is 0.227 e. The van der Waals surface area contributed by atoms with Gasteiger partial charge in [-0.2, -0.15) is 0 Å². The van der Waals surface area contributed by atoms with Crippen LogP contribution in [0.25, 0.3) is 0 Å². The first-order chi connectivity index (χ1) is 11.8. The van der Waals surface area contributed by atoms with Gasteiger partial charge in [-0.05, 0) is 67.1 Å². The lowest BCUT2D eigenvalue weighted by atomic mass is 9.92. The van der Waals surface area contributed by atoms with E-state index in [0.717, 1.165) is 38.6 Å². The molecule has 0 aromatic heterocycles. The van der Waals surface area contributed by atoms with Crippen molar-refractivity contribution in [2.24, 2.45) is 10.4 Å². The fourth-order valence-electron chi connectivity index (χ4n) is 2.53. The molecule has 0 aliphatic carbocycles. The minimum Gasteiger partial charge on any atom is -0.357 e. The Kier molecular flexibility index (Phi) is 12.3. The molecule has 0 saturated heterocycles. The Hall–Kier alpha value is -1.30. The highest BCUT2D eigenvalue weighted by Crippen LogP contribution is 2.15. The number of nitrogens with zero attached hydrogens (tertiary/aromatic N) is 2. The molecule has 1 amide bonds. The van der Waals surface area contributed by atoms with Crippen LogP contribution >= 0.6 is 0 Å². The fourth-order valence-corrected chi connectivity index (χ4v) is 2.53. The van der Waals surface area contributed by atoms with Gasteiger partial charge in [-0.15, -0.1) is 0 Å². The number of aliphatic imine (C=N–C) groups is 1. The number of hydrogen-bond acceptors (Lipinski definition) is 3. The van der Waals surface area contributed by atoms with E-state index in [0.29, 0.717) is 19.1 Å². The Balaban J connectivity index is 4.54. The van der Waals surface area contributed by atoms with E-state index in [1.54, 1.807) is 0 Å². The number of nitrogens with one attached hydrogen (secondary N) is 3. The van der Waals surface area contributed by atoms with E-state index in [4.69, 9.17) is 0 Å². The molecule has 25 heavy (non-hydrogen) atoms. The third-order valence-electron chi connectivity index (χ3n) is 4.32. The van der Waals surface area contributed by atoms with E-state index in [1.165, 1.54) is 6.42 Å². The molecular weight excluding hydrogens is 314 g/mol. The first-order valence-corrected chi connectivity index (χ1v) is 9.86. The lowest BCUT2D eigenvalue weighted by Gasteiger charge is -2.23. The smallest absolute Gasteiger partial charge is 0.227 e. The van der Waals surface area contributed by atoms with Crippen LogP contribution < -0.4 is 16.0 Å². The Labute approximate surface area is 155 Å². The maximum atomic E-state index is 12.1. The Morgan fingerprint density at radius 2 is 1.68 bits per heavy atom. The van der Waals surface area contributed by atoms with E-state index < -0.39 is 5.41 Å². The van der Waals surface area contributed by atoms with Gasteiger partial charge in [-0.3, -0.25) is 9.79 Å². The van der Waals surface area contributed by atoms with Crippen molar-refractivity contribution in [1.29, 1.82) is 0 Å². The highest BCUT2D eigenvalue weighted by Gasteiger charge is 2.26. The Morgan fingerprint density at radius 3 is 2.20 bits per heavy atom. The quantitative estimate of drug-likeness (QED) is 0.371. The van der Waals surface area contributed by atoms with Crippen molar-refractivity contribution in [2.75, 3.05) is 39.3 Å². The van der Waals surface area contributed by atoms with Crippen molar-refractivity contribution in [3.63, 3.8) is 0 Å². The molecule has 1 unspecified atom stereocenters. The Morgan fingerprint density at radius 1 is 1.08 bits per heavy atom. The zero-order valence-corrected chi connectivity index (χ0v) is 17.5. The summed E-state index contributed by atoms with van der Waals surface area (Å²) in [4.78, 5) is 19.2. The lowest BCUT2D eigenvalue weighted by molar-refractivity contribution is -0.128. The van der Waals surface area contributed by atoms with Crippen molar-refractivity contribution in [3.8, 4) is 0 Å². The molecule has 6 heteroatoms. The number of carbonyl (C=O) groups excluding carboxylic acids is 1. The van der Waals surface area contributed by atoms with Crippen LogP contribution in [0.3, 0.4) is 0 Å². The highest BCUT2D eigenvalue weighted by molar-refractivity contribution is 5.83. The van der Waals surface area contributed by atoms with Crippen LogP contribution in [0.5, 0.6) is 0 Å². The number of rotatable bonds is 12. The molecule has 0 rings (SSSR count). The second kappa shape index (κ2) is 13.0. The molecule has 0 aromatic rings. The van der Waals surface area contributed by atoms with Crippen LogP contribution in [0, 0.1) is 5.41 Å². The van der Waals surface area contributed by atoms with Gasteiger partial charge in [-0.1, -0.05) is 13.8 Å². The first-order valence-electron chi connectivity index (χ1n) is 9.86. The van der Waals surface area contributed by atoms with Gasteiger partial charge < -0.3 is 20.9 Å². The van der Waals surface area contributed by atoms with Crippen molar-refractivity contribution < 1.29 is 4.79 Å². The molecule has 3 N–H and O–H groups in total. The van der Waals surface area contributed by atoms with Crippen LogP contribution in [0.1, 0.15) is 61.3 Å². The topological polar surface area (TPSA) is 68.8 Å². The van der Waals surface area contributed by atoms with Gasteiger partial charge in [0.15, 0.2) is 5.96 Å². The highest BCUT2D eigenvalue weighted by atomic mass is 16.2. The molecule has 148 valence electrons. The summed E-state index contributed by atoms with van der Waals surface area (Å²) in [7, 11) is 0. The summed E-state index contributed by atoms with van der Waals surface area (Å²) in [5.74, 6) is 0.831. The predicted octanol–water partition coefficient (Wildman–Crippen LogP) is 2.21. The number of carbonyl (C=O) groups is 1. The molecule has 0 heterocycles. The lowest BCUT2D eigenvalue weighted by Crippen LogP contribution is -2.44. The molecule has 0 aliphatic heterocycles. The minimum absolute atomic E-state index is 0.0434. The molecular formula is C19H41N5O. The van der Waals surface area contributed by atoms with E-state index in [2.05, 4.69) is 53.5 Å². The summed E-state index contributed by atoms with van der Waals surface area (Å²) < 4.78 is 0. The molecule has 0 aromatic carbocycles. The summed E-state index contributed by atoms with van der Waals surface area (Å²) in [5.41, 5.74) is -0.510. The zero-order chi connectivity index (χ0) is 19.3. The van der Waals surface area contributed by atoms with Crippen LogP contribution in [0.4, 0.5) is 0 Å². The summed E-state index contributed by atoms with van der Waals surface area (Å²) in [6.07, 6.45) is 2.26. The van der Waals surface area contributed by atoms with Crippen LogP contribution in [0.15, 0.2) is 4.99 Å². The van der Waals surface area contributed by atoms with E-state index in [9.17, 15) is 4.79 Å². The van der Waals surface area contributed by atoms with Gasteiger partial charge in [0.25, 0.3) is 0 Å². The van der Waals surface area contributed by atoms with Gasteiger partial charge >= 0.3 is 0 Å². The molecule has 0 aliphatic rings. The van der Waals surface area contributed by atoms with Gasteiger partial charge in [0.05, 0.1) is 12.0 Å². The molecule has 0 fully saturated rings. The van der Waals surface area contributed by atoms with Crippen molar-refractivity contribution >= 4 is 11.9 Å². The molecule has 6 nitrogen and oxygen atoms in total. The SMILES string of the molecule is CCNC(=O)C(C)(C)CN=C(NCC)NC(C)CCCN(CC)CC. The average molecular weight is 356 g/mol. The van der Waals surface area contributed by atoms with Crippen LogP contribution in [0.2, 0.25) is 0 Å². The van der Waals surface area contributed by atoms with Gasteiger partial charge in [0.2, 0.25) is 5.91 Å².